The maximum atomic E-state index is 12.1. The van der Waals surface area contributed by atoms with Crippen LogP contribution in [-0.4, -0.2) is 51.4 Å². The predicted octanol–water partition coefficient (Wildman–Crippen LogP) is 1.25. The molecule has 6 heteroatoms. The summed E-state index contributed by atoms with van der Waals surface area (Å²) in [7, 11) is 0. The van der Waals surface area contributed by atoms with Crippen LogP contribution in [0.3, 0.4) is 0 Å². The van der Waals surface area contributed by atoms with Gasteiger partial charge in [-0.15, -0.1) is 0 Å². The number of rotatable bonds is 7. The van der Waals surface area contributed by atoms with E-state index in [4.69, 9.17) is 5.11 Å². The van der Waals surface area contributed by atoms with Gasteiger partial charge in [-0.2, -0.15) is 5.10 Å². The average Bonchev–Trinajstić information content (AvgIpc) is 2.74. The van der Waals surface area contributed by atoms with Crippen molar-refractivity contribution < 1.29 is 9.90 Å². The summed E-state index contributed by atoms with van der Waals surface area (Å²) < 4.78 is 1.79. The van der Waals surface area contributed by atoms with Gasteiger partial charge in [-0.25, -0.2) is 4.68 Å². The summed E-state index contributed by atoms with van der Waals surface area (Å²) in [5.74, 6) is 0.676. The number of hydrogen-bond acceptors (Lipinski definition) is 4. The van der Waals surface area contributed by atoms with Crippen molar-refractivity contribution in [2.45, 2.75) is 45.2 Å². The Kier molecular flexibility index (Phi) is 5.14. The lowest BCUT2D eigenvalue weighted by molar-refractivity contribution is -0.118. The van der Waals surface area contributed by atoms with Gasteiger partial charge in [-0.1, -0.05) is 6.42 Å². The smallest absolute Gasteiger partial charge is 0.239 e. The van der Waals surface area contributed by atoms with Crippen LogP contribution >= 0.6 is 0 Å². The summed E-state index contributed by atoms with van der Waals surface area (Å²) in [5.41, 5.74) is 0. The molecule has 0 atom stereocenters. The second-order valence-corrected chi connectivity index (χ2v) is 5.58. The van der Waals surface area contributed by atoms with Gasteiger partial charge in [0.15, 0.2) is 0 Å². The Hall–Kier alpha value is -1.40. The standard InChI is InChI=1S/C14H24N4O2/c1-11(2)18-13(6-7-15-18)16-14(20)10-17(8-9-19)12-4-3-5-12/h6-7,11-12,19H,3-5,8-10H2,1-2H3,(H,16,20). The van der Waals surface area contributed by atoms with Crippen LogP contribution in [0.1, 0.15) is 39.2 Å². The van der Waals surface area contributed by atoms with Crippen LogP contribution in [0.5, 0.6) is 0 Å². The molecule has 0 aromatic carbocycles. The van der Waals surface area contributed by atoms with E-state index in [9.17, 15) is 4.79 Å². The number of aromatic nitrogens is 2. The molecule has 0 saturated heterocycles. The first kappa shape index (κ1) is 15.0. The van der Waals surface area contributed by atoms with Crippen LogP contribution in [0.25, 0.3) is 0 Å². The molecule has 0 spiro atoms. The van der Waals surface area contributed by atoms with E-state index in [1.807, 2.05) is 13.8 Å². The minimum Gasteiger partial charge on any atom is -0.395 e. The number of carbonyl (C=O) groups excluding carboxylic acids is 1. The van der Waals surface area contributed by atoms with Crippen LogP contribution in [-0.2, 0) is 4.79 Å². The molecule has 2 N–H and O–H groups in total. The van der Waals surface area contributed by atoms with Crippen molar-refractivity contribution in [2.75, 3.05) is 25.0 Å². The highest BCUT2D eigenvalue weighted by Crippen LogP contribution is 2.24. The lowest BCUT2D eigenvalue weighted by Gasteiger charge is -2.36. The fraction of sp³-hybridized carbons (Fsp3) is 0.714. The van der Waals surface area contributed by atoms with Crippen LogP contribution in [0.15, 0.2) is 12.3 Å². The monoisotopic (exact) mass is 280 g/mol. The second kappa shape index (κ2) is 6.85. The van der Waals surface area contributed by atoms with Crippen LogP contribution in [0, 0.1) is 0 Å². The SMILES string of the molecule is CC(C)n1nccc1NC(=O)CN(CCO)C1CCC1. The van der Waals surface area contributed by atoms with Gasteiger partial charge in [0.1, 0.15) is 5.82 Å². The Labute approximate surface area is 119 Å². The Morgan fingerprint density at radius 3 is 2.90 bits per heavy atom. The zero-order chi connectivity index (χ0) is 14.5. The topological polar surface area (TPSA) is 70.4 Å². The van der Waals surface area contributed by atoms with E-state index in [1.54, 1.807) is 16.9 Å². The molecule has 1 fully saturated rings. The molecule has 0 unspecified atom stereocenters. The first-order chi connectivity index (χ1) is 9.61. The minimum absolute atomic E-state index is 0.0484. The summed E-state index contributed by atoms with van der Waals surface area (Å²) in [6.45, 7) is 5.02. The van der Waals surface area contributed by atoms with E-state index in [-0.39, 0.29) is 18.6 Å². The highest BCUT2D eigenvalue weighted by atomic mass is 16.3. The molecule has 1 aliphatic carbocycles. The molecule has 0 radical (unpaired) electrons. The lowest BCUT2D eigenvalue weighted by atomic mass is 9.91. The Morgan fingerprint density at radius 2 is 2.35 bits per heavy atom. The Morgan fingerprint density at radius 1 is 1.60 bits per heavy atom. The molecule has 0 bridgehead atoms. The molecular weight excluding hydrogens is 256 g/mol. The van der Waals surface area contributed by atoms with Crippen molar-refractivity contribution in [2.24, 2.45) is 0 Å². The molecule has 2 rings (SSSR count). The zero-order valence-corrected chi connectivity index (χ0v) is 12.2. The van der Waals surface area contributed by atoms with Gasteiger partial charge in [0, 0.05) is 24.7 Å². The van der Waals surface area contributed by atoms with E-state index in [1.165, 1.54) is 6.42 Å². The van der Waals surface area contributed by atoms with Crippen molar-refractivity contribution in [1.82, 2.24) is 14.7 Å². The predicted molar refractivity (Wildman–Crippen MR) is 77.5 cm³/mol. The molecule has 20 heavy (non-hydrogen) atoms. The maximum absolute atomic E-state index is 12.1. The zero-order valence-electron chi connectivity index (χ0n) is 12.2. The van der Waals surface area contributed by atoms with E-state index in [2.05, 4.69) is 15.3 Å². The van der Waals surface area contributed by atoms with E-state index in [0.29, 0.717) is 19.1 Å². The molecule has 112 valence electrons. The van der Waals surface area contributed by atoms with Crippen molar-refractivity contribution in [3.05, 3.63) is 12.3 Å². The molecule has 0 aliphatic heterocycles. The number of aliphatic hydroxyl groups is 1. The Bertz CT molecular complexity index is 440. The van der Waals surface area contributed by atoms with Gasteiger partial charge in [0.25, 0.3) is 0 Å². The first-order valence-corrected chi connectivity index (χ1v) is 7.30. The summed E-state index contributed by atoms with van der Waals surface area (Å²) in [5, 5.41) is 16.2. The molecule has 1 heterocycles. The molecule has 1 amide bonds. The van der Waals surface area contributed by atoms with Gasteiger partial charge in [0.2, 0.25) is 5.91 Å². The molecule has 6 nitrogen and oxygen atoms in total. The van der Waals surface area contributed by atoms with Crippen molar-refractivity contribution in [1.29, 1.82) is 0 Å². The summed E-state index contributed by atoms with van der Waals surface area (Å²) in [4.78, 5) is 14.2. The number of nitrogens with zero attached hydrogens (tertiary/aromatic N) is 3. The van der Waals surface area contributed by atoms with Crippen LogP contribution in [0.4, 0.5) is 5.82 Å². The number of anilines is 1. The molecule has 1 aromatic heterocycles. The van der Waals surface area contributed by atoms with E-state index in [0.717, 1.165) is 18.7 Å². The number of carbonyl (C=O) groups is 1. The summed E-state index contributed by atoms with van der Waals surface area (Å²) in [6.07, 6.45) is 5.15. The first-order valence-electron chi connectivity index (χ1n) is 7.30. The van der Waals surface area contributed by atoms with Gasteiger partial charge < -0.3 is 10.4 Å². The summed E-state index contributed by atoms with van der Waals surface area (Å²) in [6, 6.07) is 2.46. The number of hydrogen-bond donors (Lipinski definition) is 2. The second-order valence-electron chi connectivity index (χ2n) is 5.58. The highest BCUT2D eigenvalue weighted by molar-refractivity contribution is 5.91. The average molecular weight is 280 g/mol. The van der Waals surface area contributed by atoms with E-state index < -0.39 is 0 Å². The fourth-order valence-corrected chi connectivity index (χ4v) is 2.46. The van der Waals surface area contributed by atoms with Crippen molar-refractivity contribution >= 4 is 11.7 Å². The normalized spacial score (nSPS) is 15.7. The molecular formula is C14H24N4O2. The Balaban J connectivity index is 1.91. The minimum atomic E-state index is -0.0484. The number of aliphatic hydroxyl groups excluding tert-OH is 1. The fourth-order valence-electron chi connectivity index (χ4n) is 2.46. The number of nitrogens with one attached hydrogen (secondary N) is 1. The molecule has 1 aromatic rings. The van der Waals surface area contributed by atoms with Gasteiger partial charge in [-0.3, -0.25) is 9.69 Å². The quantitative estimate of drug-likeness (QED) is 0.788. The third-order valence-electron chi connectivity index (χ3n) is 3.75. The largest absolute Gasteiger partial charge is 0.395 e. The van der Waals surface area contributed by atoms with Crippen LogP contribution < -0.4 is 5.32 Å². The third kappa shape index (κ3) is 3.58. The van der Waals surface area contributed by atoms with Crippen molar-refractivity contribution in [3.8, 4) is 0 Å². The van der Waals surface area contributed by atoms with E-state index >= 15 is 0 Å². The van der Waals surface area contributed by atoms with Crippen molar-refractivity contribution in [3.63, 3.8) is 0 Å². The number of amides is 1. The summed E-state index contributed by atoms with van der Waals surface area (Å²) >= 11 is 0. The lowest BCUT2D eigenvalue weighted by Crippen LogP contribution is -2.45. The van der Waals surface area contributed by atoms with Gasteiger partial charge >= 0.3 is 0 Å². The molecule has 1 saturated carbocycles. The maximum Gasteiger partial charge on any atom is 0.239 e. The van der Waals surface area contributed by atoms with Gasteiger partial charge in [-0.05, 0) is 26.7 Å². The van der Waals surface area contributed by atoms with Gasteiger partial charge in [0.05, 0.1) is 19.3 Å². The molecule has 1 aliphatic rings. The van der Waals surface area contributed by atoms with Crippen LogP contribution in [0.2, 0.25) is 0 Å². The highest BCUT2D eigenvalue weighted by Gasteiger charge is 2.26. The third-order valence-corrected chi connectivity index (χ3v) is 3.75.